The fraction of sp³-hybridized carbons (Fsp3) is 0.143. The van der Waals surface area contributed by atoms with Gasteiger partial charge in [-0.3, -0.25) is 10.1 Å². The molecule has 20 heavy (non-hydrogen) atoms. The highest BCUT2D eigenvalue weighted by atomic mass is 16.6. The minimum atomic E-state index is -0.455. The molecule has 0 spiro atoms. The van der Waals surface area contributed by atoms with Gasteiger partial charge in [0.2, 0.25) is 5.82 Å². The number of rotatable bonds is 3. The van der Waals surface area contributed by atoms with E-state index in [0.29, 0.717) is 16.8 Å². The van der Waals surface area contributed by atoms with E-state index in [4.69, 9.17) is 5.26 Å². The van der Waals surface area contributed by atoms with Crippen LogP contribution in [0.1, 0.15) is 11.1 Å². The second kappa shape index (κ2) is 5.36. The molecule has 0 saturated carbocycles. The number of nitrogens with zero attached hydrogens (tertiary/aromatic N) is 4. The third-order valence-corrected chi connectivity index (χ3v) is 2.99. The number of nitro groups is 1. The Morgan fingerprint density at radius 2 is 2.05 bits per heavy atom. The summed E-state index contributed by atoms with van der Waals surface area (Å²) in [7, 11) is 1.66. The second-order valence-electron chi connectivity index (χ2n) is 4.25. The molecule has 6 nitrogen and oxygen atoms in total. The van der Waals surface area contributed by atoms with E-state index < -0.39 is 4.92 Å². The number of nitriles is 1. The minimum absolute atomic E-state index is 0.0530. The van der Waals surface area contributed by atoms with E-state index in [0.717, 1.165) is 0 Å². The summed E-state index contributed by atoms with van der Waals surface area (Å²) in [6, 6.07) is 10.6. The van der Waals surface area contributed by atoms with Crippen LogP contribution in [0, 0.1) is 28.4 Å². The van der Waals surface area contributed by atoms with Gasteiger partial charge in [0.15, 0.2) is 0 Å². The zero-order chi connectivity index (χ0) is 14.7. The van der Waals surface area contributed by atoms with Gasteiger partial charge in [-0.15, -0.1) is 0 Å². The quantitative estimate of drug-likeness (QED) is 0.631. The van der Waals surface area contributed by atoms with Crippen molar-refractivity contribution in [2.75, 3.05) is 11.9 Å². The molecule has 2 aromatic rings. The molecule has 0 aliphatic heterocycles. The van der Waals surface area contributed by atoms with Crippen LogP contribution in [-0.4, -0.2) is 17.0 Å². The van der Waals surface area contributed by atoms with Crippen LogP contribution in [0.15, 0.2) is 36.5 Å². The Hall–Kier alpha value is -2.94. The molecule has 0 amide bonds. The third kappa shape index (κ3) is 2.29. The van der Waals surface area contributed by atoms with Crippen LogP contribution in [0.5, 0.6) is 0 Å². The molecule has 0 radical (unpaired) electrons. The summed E-state index contributed by atoms with van der Waals surface area (Å²) in [6.45, 7) is 1.66. The van der Waals surface area contributed by atoms with Crippen molar-refractivity contribution in [2.45, 2.75) is 6.92 Å². The smallest absolute Gasteiger partial charge is 0.314 e. The molecule has 0 aliphatic rings. The molecule has 1 aromatic heterocycles. The Labute approximate surface area is 116 Å². The first-order valence-corrected chi connectivity index (χ1v) is 5.89. The van der Waals surface area contributed by atoms with Crippen molar-refractivity contribution in [3.8, 4) is 6.07 Å². The van der Waals surface area contributed by atoms with Crippen LogP contribution in [0.25, 0.3) is 0 Å². The SMILES string of the molecule is Cc1ccnc(N(C)c2ccccc2C#N)c1[N+](=O)[O-]. The zero-order valence-corrected chi connectivity index (χ0v) is 11.1. The topological polar surface area (TPSA) is 83.1 Å². The Morgan fingerprint density at radius 3 is 2.70 bits per heavy atom. The van der Waals surface area contributed by atoms with E-state index in [2.05, 4.69) is 11.1 Å². The first kappa shape index (κ1) is 13.5. The summed E-state index contributed by atoms with van der Waals surface area (Å²) in [4.78, 5) is 16.4. The van der Waals surface area contributed by atoms with Crippen LogP contribution >= 0.6 is 0 Å². The van der Waals surface area contributed by atoms with Gasteiger partial charge >= 0.3 is 5.69 Å². The molecule has 100 valence electrons. The van der Waals surface area contributed by atoms with Crippen LogP contribution in [-0.2, 0) is 0 Å². The average Bonchev–Trinajstić information content (AvgIpc) is 2.45. The van der Waals surface area contributed by atoms with Crippen molar-refractivity contribution in [2.24, 2.45) is 0 Å². The largest absolute Gasteiger partial charge is 0.323 e. The molecular formula is C14H12N4O2. The molecule has 0 bridgehead atoms. The summed E-state index contributed by atoms with van der Waals surface area (Å²) >= 11 is 0. The second-order valence-corrected chi connectivity index (χ2v) is 4.25. The van der Waals surface area contributed by atoms with Gasteiger partial charge in [-0.1, -0.05) is 12.1 Å². The summed E-state index contributed by atoms with van der Waals surface area (Å²) in [5.41, 5.74) is 1.49. The molecule has 0 aliphatic carbocycles. The third-order valence-electron chi connectivity index (χ3n) is 2.99. The van der Waals surface area contributed by atoms with Gasteiger partial charge < -0.3 is 4.90 Å². The number of hydrogen-bond donors (Lipinski definition) is 0. The van der Waals surface area contributed by atoms with Gasteiger partial charge in [0.1, 0.15) is 6.07 Å². The average molecular weight is 268 g/mol. The van der Waals surface area contributed by atoms with Gasteiger partial charge in [0.25, 0.3) is 0 Å². The molecule has 0 saturated heterocycles. The summed E-state index contributed by atoms with van der Waals surface area (Å²) in [5.74, 6) is 0.220. The Kier molecular flexibility index (Phi) is 3.62. The molecule has 0 unspecified atom stereocenters. The number of aromatic nitrogens is 1. The Balaban J connectivity index is 2.60. The van der Waals surface area contributed by atoms with Crippen molar-refractivity contribution >= 4 is 17.2 Å². The summed E-state index contributed by atoms with van der Waals surface area (Å²) in [5, 5.41) is 20.3. The van der Waals surface area contributed by atoms with E-state index in [-0.39, 0.29) is 11.5 Å². The van der Waals surface area contributed by atoms with Gasteiger partial charge in [-0.05, 0) is 25.1 Å². The van der Waals surface area contributed by atoms with Crippen molar-refractivity contribution in [3.63, 3.8) is 0 Å². The lowest BCUT2D eigenvalue weighted by Gasteiger charge is -2.19. The number of para-hydroxylation sites is 1. The van der Waals surface area contributed by atoms with E-state index >= 15 is 0 Å². The Bertz CT molecular complexity index is 707. The normalized spacial score (nSPS) is 9.85. The predicted octanol–water partition coefficient (Wildman–Crippen LogP) is 2.94. The van der Waals surface area contributed by atoms with Crippen molar-refractivity contribution in [1.82, 2.24) is 4.98 Å². The van der Waals surface area contributed by atoms with Crippen LogP contribution in [0.3, 0.4) is 0 Å². The van der Waals surface area contributed by atoms with Gasteiger partial charge in [0.05, 0.1) is 16.2 Å². The maximum Gasteiger partial charge on any atom is 0.314 e. The zero-order valence-electron chi connectivity index (χ0n) is 11.1. The number of anilines is 2. The van der Waals surface area contributed by atoms with Gasteiger partial charge in [-0.25, -0.2) is 4.98 Å². The van der Waals surface area contributed by atoms with Crippen LogP contribution < -0.4 is 4.90 Å². The first-order valence-electron chi connectivity index (χ1n) is 5.89. The summed E-state index contributed by atoms with van der Waals surface area (Å²) < 4.78 is 0. The summed E-state index contributed by atoms with van der Waals surface area (Å²) in [6.07, 6.45) is 1.52. The lowest BCUT2D eigenvalue weighted by molar-refractivity contribution is -0.384. The van der Waals surface area contributed by atoms with Gasteiger partial charge in [0, 0.05) is 18.8 Å². The molecule has 0 atom stereocenters. The van der Waals surface area contributed by atoms with Crippen LogP contribution in [0.4, 0.5) is 17.2 Å². The van der Waals surface area contributed by atoms with Crippen molar-refractivity contribution in [3.05, 3.63) is 57.8 Å². The molecule has 6 heteroatoms. The Morgan fingerprint density at radius 1 is 1.35 bits per heavy atom. The maximum absolute atomic E-state index is 11.2. The predicted molar refractivity (Wildman–Crippen MR) is 74.8 cm³/mol. The maximum atomic E-state index is 11.2. The molecule has 1 aromatic carbocycles. The highest BCUT2D eigenvalue weighted by Crippen LogP contribution is 2.33. The standard InChI is InChI=1S/C14H12N4O2/c1-10-7-8-16-14(13(10)18(19)20)17(2)12-6-4-3-5-11(12)9-15/h3-8H,1-2H3. The van der Waals surface area contributed by atoms with Crippen LogP contribution in [0.2, 0.25) is 0 Å². The number of benzene rings is 1. The molecule has 0 fully saturated rings. The highest BCUT2D eigenvalue weighted by Gasteiger charge is 2.23. The molecule has 1 heterocycles. The number of hydrogen-bond acceptors (Lipinski definition) is 5. The van der Waals surface area contributed by atoms with Gasteiger partial charge in [-0.2, -0.15) is 5.26 Å². The van der Waals surface area contributed by atoms with E-state index in [9.17, 15) is 10.1 Å². The van der Waals surface area contributed by atoms with Crippen molar-refractivity contribution < 1.29 is 4.92 Å². The highest BCUT2D eigenvalue weighted by molar-refractivity contribution is 5.73. The van der Waals surface area contributed by atoms with E-state index in [1.807, 2.05) is 0 Å². The monoisotopic (exact) mass is 268 g/mol. The lowest BCUT2D eigenvalue weighted by Crippen LogP contribution is -2.15. The van der Waals surface area contributed by atoms with E-state index in [1.165, 1.54) is 6.20 Å². The number of aryl methyl sites for hydroxylation is 1. The molecule has 0 N–H and O–H groups in total. The molecule has 2 rings (SSSR count). The fourth-order valence-corrected chi connectivity index (χ4v) is 1.98. The van der Waals surface area contributed by atoms with E-state index in [1.54, 1.807) is 49.2 Å². The molecular weight excluding hydrogens is 256 g/mol. The lowest BCUT2D eigenvalue weighted by atomic mass is 10.1. The van der Waals surface area contributed by atoms with Crippen molar-refractivity contribution in [1.29, 1.82) is 5.26 Å². The first-order chi connectivity index (χ1) is 9.56. The fourth-order valence-electron chi connectivity index (χ4n) is 1.98. The minimum Gasteiger partial charge on any atom is -0.323 e. The number of pyridine rings is 1.